The Bertz CT molecular complexity index is 1060. The first kappa shape index (κ1) is 30.4. The van der Waals surface area contributed by atoms with Crippen LogP contribution in [0, 0.1) is 11.8 Å². The van der Waals surface area contributed by atoms with Crippen molar-refractivity contribution >= 4 is 41.2 Å². The molecule has 2 amide bonds. The number of thioether (sulfide) groups is 1. The molecule has 204 valence electrons. The van der Waals surface area contributed by atoms with Crippen LogP contribution in [-0.2, 0) is 19.1 Å². The molecule has 1 aromatic carbocycles. The summed E-state index contributed by atoms with van der Waals surface area (Å²) in [5, 5.41) is 13.8. The van der Waals surface area contributed by atoms with E-state index in [1.807, 2.05) is 46.9 Å². The highest BCUT2D eigenvalue weighted by atomic mass is 32.2. The summed E-state index contributed by atoms with van der Waals surface area (Å²) in [6.07, 6.45) is 0.565. The second-order valence-corrected chi connectivity index (χ2v) is 10.1. The molecule has 5 atom stereocenters. The highest BCUT2D eigenvalue weighted by Gasteiger charge is 2.55. The molecular weight excluding hydrogens is 494 g/mol. The molecule has 3 aliphatic rings. The lowest BCUT2D eigenvalue weighted by Crippen LogP contribution is -2.89. The molecule has 2 fully saturated rings. The molecule has 3 aliphatic heterocycles. The Morgan fingerprint density at radius 2 is 1.78 bits per heavy atom. The van der Waals surface area contributed by atoms with Gasteiger partial charge in [-0.25, -0.2) is 4.79 Å². The zero-order valence-corrected chi connectivity index (χ0v) is 23.8. The number of amides is 2. The first-order valence-electron chi connectivity index (χ1n) is 12.9. The minimum Gasteiger partial charge on any atom is -0.543 e. The number of fused-ring (bicyclic) bond motifs is 1. The van der Waals surface area contributed by atoms with Gasteiger partial charge in [0.1, 0.15) is 0 Å². The number of nitrogens with two attached hydrogens (primary N) is 1. The fourth-order valence-electron chi connectivity index (χ4n) is 5.03. The van der Waals surface area contributed by atoms with Gasteiger partial charge in [-0.1, -0.05) is 47.6 Å². The molecule has 0 saturated carbocycles. The Labute approximate surface area is 223 Å². The average Bonchev–Trinajstić information content (AvgIpc) is 3.50. The molecule has 9 nitrogen and oxygen atoms in total. The number of esters is 1. The Morgan fingerprint density at radius 1 is 1.14 bits per heavy atom. The number of quaternary nitrogens is 1. The molecule has 0 aromatic heterocycles. The van der Waals surface area contributed by atoms with E-state index in [0.29, 0.717) is 29.1 Å². The van der Waals surface area contributed by atoms with E-state index in [4.69, 9.17) is 4.74 Å². The summed E-state index contributed by atoms with van der Waals surface area (Å²) in [4.78, 5) is 52.5. The van der Waals surface area contributed by atoms with E-state index in [9.17, 15) is 24.3 Å². The predicted molar refractivity (Wildman–Crippen MR) is 141 cm³/mol. The van der Waals surface area contributed by atoms with E-state index in [-0.39, 0.29) is 46.7 Å². The number of likely N-dealkylation sites (N-methyl/N-ethyl adjacent to an activating group) is 1. The van der Waals surface area contributed by atoms with Crippen molar-refractivity contribution in [1.82, 2.24) is 4.90 Å². The molecule has 3 heterocycles. The summed E-state index contributed by atoms with van der Waals surface area (Å²) >= 11 is 1.45. The van der Waals surface area contributed by atoms with Crippen LogP contribution in [0.25, 0.3) is 0 Å². The number of nitrogens with zero attached hydrogens (tertiary/aromatic N) is 2. The molecule has 4 rings (SSSR count). The normalized spacial score (nSPS) is 25.7. The number of hydrogen-bond acceptors (Lipinski definition) is 7. The van der Waals surface area contributed by atoms with Crippen molar-refractivity contribution in [2.45, 2.75) is 65.3 Å². The summed E-state index contributed by atoms with van der Waals surface area (Å²) in [6, 6.07) is 6.24. The van der Waals surface area contributed by atoms with Gasteiger partial charge in [-0.15, -0.1) is 11.8 Å². The van der Waals surface area contributed by atoms with E-state index in [1.54, 1.807) is 31.3 Å². The standard InChI is InChI=1S/C23H27N3O6S.2C2H6/c1-11-17-12(2)20(27)26(17)18(22(29)30)19(11)33-15-9-16(24-10-15)21(28)25(3)14-7-5-6-13(8-14)23(31)32-4;2*1-2/h5-8,11-12,15-17,24H,9-10H2,1-4H3,(H,29,30);2*1-2H3. The van der Waals surface area contributed by atoms with E-state index in [0.717, 1.165) is 0 Å². The summed E-state index contributed by atoms with van der Waals surface area (Å²) in [7, 11) is 2.97. The second kappa shape index (κ2) is 13.1. The number of aliphatic carboxylic acids is 1. The highest BCUT2D eigenvalue weighted by molar-refractivity contribution is 8.03. The average molecular weight is 534 g/mol. The van der Waals surface area contributed by atoms with Crippen LogP contribution >= 0.6 is 11.8 Å². The third-order valence-corrected chi connectivity index (χ3v) is 8.36. The van der Waals surface area contributed by atoms with Crippen molar-refractivity contribution in [2.75, 3.05) is 25.6 Å². The summed E-state index contributed by atoms with van der Waals surface area (Å²) < 4.78 is 4.75. The number of carbonyl (C=O) groups excluding carboxylic acids is 4. The van der Waals surface area contributed by atoms with Crippen LogP contribution in [0.2, 0.25) is 0 Å². The first-order valence-corrected chi connectivity index (χ1v) is 13.8. The molecule has 0 bridgehead atoms. The van der Waals surface area contributed by atoms with Crippen molar-refractivity contribution in [3.05, 3.63) is 40.4 Å². The summed E-state index contributed by atoms with van der Waals surface area (Å²) in [5.74, 6) is -2.35. The number of carbonyl (C=O) groups is 4. The molecule has 0 spiro atoms. The largest absolute Gasteiger partial charge is 0.543 e. The number of hydrogen-bond donors (Lipinski definition) is 1. The van der Waals surface area contributed by atoms with Crippen LogP contribution < -0.4 is 15.3 Å². The number of carboxylic acids is 1. The zero-order valence-electron chi connectivity index (χ0n) is 22.9. The lowest BCUT2D eigenvalue weighted by molar-refractivity contribution is -0.656. The van der Waals surface area contributed by atoms with Gasteiger partial charge in [0.25, 0.3) is 5.91 Å². The maximum Gasteiger partial charge on any atom is 0.337 e. The quantitative estimate of drug-likeness (QED) is 0.433. The fraction of sp³-hybridized carbons (Fsp3) is 0.556. The van der Waals surface area contributed by atoms with Crippen molar-refractivity contribution in [3.63, 3.8) is 0 Å². The van der Waals surface area contributed by atoms with Gasteiger partial charge in [0.05, 0.1) is 48.1 Å². The van der Waals surface area contributed by atoms with Gasteiger partial charge in [0, 0.05) is 30.0 Å². The van der Waals surface area contributed by atoms with Crippen LogP contribution in [-0.4, -0.2) is 66.7 Å². The minimum atomic E-state index is -1.33. The second-order valence-electron chi connectivity index (χ2n) is 8.77. The maximum atomic E-state index is 13.1. The Kier molecular flexibility index (Phi) is 10.8. The van der Waals surface area contributed by atoms with E-state index in [1.165, 1.54) is 28.7 Å². The molecule has 5 unspecified atom stereocenters. The van der Waals surface area contributed by atoms with Crippen molar-refractivity contribution in [3.8, 4) is 0 Å². The smallest absolute Gasteiger partial charge is 0.337 e. The van der Waals surface area contributed by atoms with Gasteiger partial charge >= 0.3 is 5.97 Å². The molecule has 1 aromatic rings. The van der Waals surface area contributed by atoms with Gasteiger partial charge < -0.3 is 29.8 Å². The van der Waals surface area contributed by atoms with Crippen LogP contribution in [0.3, 0.4) is 0 Å². The molecule has 0 radical (unpaired) electrons. The molecule has 2 N–H and O–H groups in total. The van der Waals surface area contributed by atoms with E-state index in [2.05, 4.69) is 0 Å². The van der Waals surface area contributed by atoms with Crippen molar-refractivity contribution in [1.29, 1.82) is 0 Å². The monoisotopic (exact) mass is 533 g/mol. The summed E-state index contributed by atoms with van der Waals surface area (Å²) in [5.41, 5.74) is 0.951. The van der Waals surface area contributed by atoms with E-state index >= 15 is 0 Å². The van der Waals surface area contributed by atoms with Gasteiger partial charge in [-0.3, -0.25) is 9.59 Å². The third-order valence-electron chi connectivity index (χ3n) is 6.83. The van der Waals surface area contributed by atoms with Gasteiger partial charge in [-0.2, -0.15) is 0 Å². The number of ether oxygens (including phenoxy) is 1. The molecule has 37 heavy (non-hydrogen) atoms. The van der Waals surface area contributed by atoms with Crippen LogP contribution in [0.5, 0.6) is 0 Å². The van der Waals surface area contributed by atoms with E-state index < -0.39 is 11.9 Å². The summed E-state index contributed by atoms with van der Waals surface area (Å²) in [6.45, 7) is 12.4. The number of anilines is 1. The lowest BCUT2D eigenvalue weighted by atomic mass is 9.84. The van der Waals surface area contributed by atoms with Crippen molar-refractivity contribution in [2.24, 2.45) is 11.8 Å². The lowest BCUT2D eigenvalue weighted by Gasteiger charge is -2.44. The molecule has 10 heteroatoms. The Hall–Kier alpha value is -2.85. The Morgan fingerprint density at radius 3 is 2.38 bits per heavy atom. The third kappa shape index (κ3) is 5.85. The van der Waals surface area contributed by atoms with Crippen LogP contribution in [0.1, 0.15) is 58.3 Å². The number of benzene rings is 1. The van der Waals surface area contributed by atoms with Gasteiger partial charge in [0.15, 0.2) is 6.04 Å². The number of rotatable bonds is 6. The Balaban J connectivity index is 0.00000115. The van der Waals surface area contributed by atoms with Crippen molar-refractivity contribution < 1.29 is 34.3 Å². The fourth-order valence-corrected chi connectivity index (χ4v) is 6.54. The number of β-lactam (4-membered cyclic amide) rings is 1. The van der Waals surface area contributed by atoms with Gasteiger partial charge in [0.2, 0.25) is 5.91 Å². The predicted octanol–water partition coefficient (Wildman–Crippen LogP) is 1.38. The van der Waals surface area contributed by atoms with Crippen LogP contribution in [0.15, 0.2) is 34.9 Å². The zero-order chi connectivity index (χ0) is 28.0. The first-order chi connectivity index (χ1) is 17.6. The maximum absolute atomic E-state index is 13.1. The SMILES string of the molecule is CC.CC.COC(=O)c1cccc(N(C)C(=O)C2CC(SC3=C(C(=O)[O-])N4C(=O)C(C)C4C3C)C[NH2+]2)c1. The molecule has 2 saturated heterocycles. The topological polar surface area (TPSA) is 124 Å². The number of carboxylic acid groups (broad SMARTS) is 1. The van der Waals surface area contributed by atoms with Gasteiger partial charge in [-0.05, 0) is 18.2 Å². The molecular formula is C27H39N3O6S. The van der Waals surface area contributed by atoms with Crippen LogP contribution in [0.4, 0.5) is 5.69 Å². The highest BCUT2D eigenvalue weighted by Crippen LogP contribution is 2.50. The minimum absolute atomic E-state index is 0.00730. The molecule has 0 aliphatic carbocycles. The number of methoxy groups -OCH3 is 1.